The molecule has 0 spiro atoms. The molecule has 5 nitrogen and oxygen atoms in total. The van der Waals surface area contributed by atoms with Crippen LogP contribution >= 0.6 is 15.9 Å². The van der Waals surface area contributed by atoms with Crippen molar-refractivity contribution in [3.8, 4) is 0 Å². The van der Waals surface area contributed by atoms with Crippen LogP contribution < -0.4 is 10.2 Å². The maximum atomic E-state index is 5.25. The zero-order chi connectivity index (χ0) is 14.5. The summed E-state index contributed by atoms with van der Waals surface area (Å²) in [6, 6.07) is 0.478. The van der Waals surface area contributed by atoms with Crippen LogP contribution in [0.2, 0.25) is 0 Å². The Bertz CT molecular complexity index is 439. The second-order valence-corrected chi connectivity index (χ2v) is 5.95. The van der Waals surface area contributed by atoms with Crippen molar-refractivity contribution in [3.63, 3.8) is 0 Å². The predicted octanol–water partition coefficient (Wildman–Crippen LogP) is 2.92. The van der Waals surface area contributed by atoms with E-state index < -0.39 is 0 Å². The molecule has 0 radical (unpaired) electrons. The number of ether oxygens (including phenoxy) is 1. The zero-order valence-electron chi connectivity index (χ0n) is 12.4. The van der Waals surface area contributed by atoms with Crippen LogP contribution in [0.25, 0.3) is 0 Å². The average Bonchev–Trinajstić information content (AvgIpc) is 3.27. The number of aromatic nitrogens is 2. The van der Waals surface area contributed by atoms with E-state index in [1.54, 1.807) is 13.4 Å². The molecule has 6 heteroatoms. The first-order valence-corrected chi connectivity index (χ1v) is 7.98. The van der Waals surface area contributed by atoms with Gasteiger partial charge < -0.3 is 15.0 Å². The molecule has 0 amide bonds. The third-order valence-electron chi connectivity index (χ3n) is 3.72. The fraction of sp³-hybridized carbons (Fsp3) is 0.714. The molecule has 2 rings (SSSR count). The van der Waals surface area contributed by atoms with Crippen LogP contribution in [0.15, 0.2) is 10.8 Å². The minimum absolute atomic E-state index is 0.478. The van der Waals surface area contributed by atoms with Crippen molar-refractivity contribution in [1.82, 2.24) is 9.97 Å². The Morgan fingerprint density at radius 3 is 2.85 bits per heavy atom. The van der Waals surface area contributed by atoms with Crippen LogP contribution in [0.4, 0.5) is 11.6 Å². The molecule has 1 aliphatic rings. The predicted molar refractivity (Wildman–Crippen MR) is 85.3 cm³/mol. The quantitative estimate of drug-likeness (QED) is 0.787. The lowest BCUT2D eigenvalue weighted by molar-refractivity contribution is 0.202. The molecule has 0 aliphatic heterocycles. The molecule has 1 N–H and O–H groups in total. The molecule has 1 fully saturated rings. The summed E-state index contributed by atoms with van der Waals surface area (Å²) in [6.45, 7) is 6.71. The molecule has 0 aromatic carbocycles. The first kappa shape index (κ1) is 15.5. The summed E-state index contributed by atoms with van der Waals surface area (Å²) in [4.78, 5) is 11.1. The second kappa shape index (κ2) is 7.22. The number of nitrogens with one attached hydrogen (secondary N) is 1. The normalized spacial score (nSPS) is 16.0. The lowest BCUT2D eigenvalue weighted by atomic mass is 10.2. The molecule has 20 heavy (non-hydrogen) atoms. The van der Waals surface area contributed by atoms with E-state index in [4.69, 9.17) is 4.74 Å². The Hall–Kier alpha value is -0.880. The van der Waals surface area contributed by atoms with Crippen LogP contribution in [0, 0.1) is 5.92 Å². The van der Waals surface area contributed by atoms with Gasteiger partial charge in [-0.25, -0.2) is 9.97 Å². The summed E-state index contributed by atoms with van der Waals surface area (Å²) in [7, 11) is 1.74. The van der Waals surface area contributed by atoms with Gasteiger partial charge in [0.2, 0.25) is 0 Å². The van der Waals surface area contributed by atoms with Gasteiger partial charge in [0.25, 0.3) is 0 Å². The van der Waals surface area contributed by atoms with Gasteiger partial charge in [-0.2, -0.15) is 0 Å². The van der Waals surface area contributed by atoms with Crippen molar-refractivity contribution in [2.45, 2.75) is 32.7 Å². The highest BCUT2D eigenvalue weighted by molar-refractivity contribution is 9.10. The van der Waals surface area contributed by atoms with Gasteiger partial charge in [0.15, 0.2) is 0 Å². The van der Waals surface area contributed by atoms with Gasteiger partial charge in [-0.1, -0.05) is 0 Å². The lowest BCUT2D eigenvalue weighted by Gasteiger charge is -2.31. The fourth-order valence-electron chi connectivity index (χ4n) is 2.38. The number of anilines is 2. The Balaban J connectivity index is 2.24. The van der Waals surface area contributed by atoms with Gasteiger partial charge in [-0.3, -0.25) is 0 Å². The van der Waals surface area contributed by atoms with Crippen molar-refractivity contribution in [1.29, 1.82) is 0 Å². The minimum atomic E-state index is 0.478. The van der Waals surface area contributed by atoms with Crippen molar-refractivity contribution in [2.24, 2.45) is 5.92 Å². The first-order chi connectivity index (χ1) is 9.69. The molecule has 0 bridgehead atoms. The standard InChI is InChI=1S/C14H23BrN4O/c1-4-16-13-12(15)14(18-9-17-13)19(7-8-20-3)10(2)11-5-6-11/h9-11H,4-8H2,1-3H3,(H,16,17,18). The summed E-state index contributed by atoms with van der Waals surface area (Å²) < 4.78 is 6.18. The summed E-state index contributed by atoms with van der Waals surface area (Å²) in [5.74, 6) is 2.58. The first-order valence-electron chi connectivity index (χ1n) is 7.19. The lowest BCUT2D eigenvalue weighted by Crippen LogP contribution is -2.38. The van der Waals surface area contributed by atoms with E-state index in [1.807, 2.05) is 0 Å². The van der Waals surface area contributed by atoms with Crippen LogP contribution in [0.1, 0.15) is 26.7 Å². The van der Waals surface area contributed by atoms with Crippen molar-refractivity contribution in [2.75, 3.05) is 37.0 Å². The van der Waals surface area contributed by atoms with E-state index in [2.05, 4.69) is 50.0 Å². The van der Waals surface area contributed by atoms with E-state index >= 15 is 0 Å². The van der Waals surface area contributed by atoms with E-state index in [1.165, 1.54) is 12.8 Å². The molecule has 0 saturated heterocycles. The Morgan fingerprint density at radius 2 is 2.25 bits per heavy atom. The van der Waals surface area contributed by atoms with Gasteiger partial charge in [-0.05, 0) is 48.5 Å². The summed E-state index contributed by atoms with van der Waals surface area (Å²) in [5.41, 5.74) is 0. The number of halogens is 1. The largest absolute Gasteiger partial charge is 0.383 e. The Morgan fingerprint density at radius 1 is 1.50 bits per heavy atom. The molecule has 1 aliphatic carbocycles. The van der Waals surface area contributed by atoms with Crippen LogP contribution in [0.5, 0.6) is 0 Å². The minimum Gasteiger partial charge on any atom is -0.383 e. The molecule has 1 heterocycles. The molecular formula is C14H23BrN4O. The van der Waals surface area contributed by atoms with E-state index in [0.29, 0.717) is 12.6 Å². The van der Waals surface area contributed by atoms with Gasteiger partial charge in [0.05, 0.1) is 6.61 Å². The zero-order valence-corrected chi connectivity index (χ0v) is 14.0. The second-order valence-electron chi connectivity index (χ2n) is 5.15. The third-order valence-corrected chi connectivity index (χ3v) is 4.45. The Labute approximate surface area is 129 Å². The van der Waals surface area contributed by atoms with Gasteiger partial charge >= 0.3 is 0 Å². The smallest absolute Gasteiger partial charge is 0.148 e. The van der Waals surface area contributed by atoms with E-state index in [9.17, 15) is 0 Å². The highest BCUT2D eigenvalue weighted by Gasteiger charge is 2.33. The highest BCUT2D eigenvalue weighted by Crippen LogP contribution is 2.39. The molecule has 1 aromatic heterocycles. The number of nitrogens with zero attached hydrogens (tertiary/aromatic N) is 3. The highest BCUT2D eigenvalue weighted by atomic mass is 79.9. The summed E-state index contributed by atoms with van der Waals surface area (Å²) >= 11 is 3.64. The van der Waals surface area contributed by atoms with Gasteiger partial charge in [0, 0.05) is 26.2 Å². The third kappa shape index (κ3) is 3.61. The van der Waals surface area contributed by atoms with E-state index in [-0.39, 0.29) is 0 Å². The summed E-state index contributed by atoms with van der Waals surface area (Å²) in [6.07, 6.45) is 4.25. The van der Waals surface area contributed by atoms with Gasteiger partial charge in [-0.15, -0.1) is 0 Å². The number of rotatable bonds is 8. The molecule has 112 valence electrons. The Kier molecular flexibility index (Phi) is 5.60. The van der Waals surface area contributed by atoms with Crippen molar-refractivity contribution < 1.29 is 4.74 Å². The maximum Gasteiger partial charge on any atom is 0.148 e. The topological polar surface area (TPSA) is 50.3 Å². The van der Waals surface area contributed by atoms with Crippen LogP contribution in [-0.4, -0.2) is 42.8 Å². The SMILES string of the molecule is CCNc1ncnc(N(CCOC)C(C)C2CC2)c1Br. The summed E-state index contributed by atoms with van der Waals surface area (Å²) in [5, 5.41) is 3.26. The molecule has 1 aromatic rings. The number of methoxy groups -OCH3 is 1. The number of hydrogen-bond acceptors (Lipinski definition) is 5. The van der Waals surface area contributed by atoms with Crippen LogP contribution in [0.3, 0.4) is 0 Å². The molecule has 1 unspecified atom stereocenters. The van der Waals surface area contributed by atoms with E-state index in [0.717, 1.165) is 35.1 Å². The molecular weight excluding hydrogens is 320 g/mol. The number of hydrogen-bond donors (Lipinski definition) is 1. The van der Waals surface area contributed by atoms with Crippen LogP contribution in [-0.2, 0) is 4.74 Å². The van der Waals surface area contributed by atoms with Crippen molar-refractivity contribution >= 4 is 27.6 Å². The molecule has 1 atom stereocenters. The maximum absolute atomic E-state index is 5.25. The van der Waals surface area contributed by atoms with Gasteiger partial charge in [0.1, 0.15) is 22.4 Å². The van der Waals surface area contributed by atoms with Crippen molar-refractivity contribution in [3.05, 3.63) is 10.8 Å². The monoisotopic (exact) mass is 342 g/mol. The molecule has 1 saturated carbocycles. The average molecular weight is 343 g/mol. The fourth-order valence-corrected chi connectivity index (χ4v) is 2.95.